The number of halogens is 1. The van der Waals surface area contributed by atoms with Crippen LogP contribution >= 0.6 is 11.6 Å². The number of hydrogen-bond acceptors (Lipinski definition) is 2. The number of hydrogen-bond donors (Lipinski definition) is 1. The summed E-state index contributed by atoms with van der Waals surface area (Å²) in [5, 5.41) is 0. The van der Waals surface area contributed by atoms with E-state index in [2.05, 4.69) is 0 Å². The molecule has 0 aliphatic heterocycles. The zero-order chi connectivity index (χ0) is 11.4. The Labute approximate surface area is 98.6 Å². The molecule has 2 N–H and O–H groups in total. The van der Waals surface area contributed by atoms with Gasteiger partial charge in [-0.05, 0) is 19.4 Å². The molecular weight excluding hydrogens is 210 g/mol. The molecule has 90 valence electrons. The maximum atomic E-state index is 10.9. The van der Waals surface area contributed by atoms with Gasteiger partial charge in [0.15, 0.2) is 0 Å². The average Bonchev–Trinajstić information content (AvgIpc) is 2.26. The van der Waals surface area contributed by atoms with Gasteiger partial charge < -0.3 is 5.73 Å². The Hall–Kier alpha value is -0.0800. The standard InChI is InChI=1S/C12H24ClNO/c13-11-12(15)9-7-5-3-1-2-4-6-8-10-14/h1-11,14H2. The van der Waals surface area contributed by atoms with Crippen LogP contribution in [0.2, 0.25) is 0 Å². The highest BCUT2D eigenvalue weighted by atomic mass is 35.5. The molecule has 0 fully saturated rings. The normalized spacial score (nSPS) is 10.5. The number of carbonyl (C=O) groups excluding carboxylic acids is 1. The number of alkyl halides is 1. The number of rotatable bonds is 11. The van der Waals surface area contributed by atoms with Crippen molar-refractivity contribution < 1.29 is 4.79 Å². The van der Waals surface area contributed by atoms with Gasteiger partial charge in [0.25, 0.3) is 0 Å². The summed E-state index contributed by atoms with van der Waals surface area (Å²) in [6.45, 7) is 0.820. The van der Waals surface area contributed by atoms with Crippen LogP contribution in [-0.2, 0) is 4.79 Å². The minimum absolute atomic E-state index is 0.180. The number of Topliss-reactive ketones (excluding diaryl/α,β-unsaturated/α-hetero) is 1. The van der Waals surface area contributed by atoms with E-state index in [1.54, 1.807) is 0 Å². The lowest BCUT2D eigenvalue weighted by Gasteiger charge is -2.01. The van der Waals surface area contributed by atoms with E-state index < -0.39 is 0 Å². The first-order chi connectivity index (χ1) is 7.31. The van der Waals surface area contributed by atoms with E-state index in [0.717, 1.165) is 19.4 Å². The van der Waals surface area contributed by atoms with Crippen molar-refractivity contribution >= 4 is 17.4 Å². The first-order valence-corrected chi connectivity index (χ1v) is 6.62. The molecule has 0 amide bonds. The third-order valence-corrected chi connectivity index (χ3v) is 2.86. The Morgan fingerprint density at radius 1 is 0.867 bits per heavy atom. The second-order valence-corrected chi connectivity index (χ2v) is 4.31. The molecule has 0 saturated carbocycles. The Morgan fingerprint density at radius 3 is 1.80 bits per heavy atom. The molecule has 0 unspecified atom stereocenters. The van der Waals surface area contributed by atoms with Gasteiger partial charge in [0.05, 0.1) is 5.88 Å². The third-order valence-electron chi connectivity index (χ3n) is 2.56. The van der Waals surface area contributed by atoms with Crippen LogP contribution in [0.15, 0.2) is 0 Å². The Morgan fingerprint density at radius 2 is 1.33 bits per heavy atom. The van der Waals surface area contributed by atoms with Crippen LogP contribution in [0.1, 0.15) is 57.8 Å². The largest absolute Gasteiger partial charge is 0.330 e. The van der Waals surface area contributed by atoms with Crippen molar-refractivity contribution in [2.45, 2.75) is 57.8 Å². The molecule has 0 aromatic rings. The number of nitrogens with two attached hydrogens (primary N) is 1. The predicted octanol–water partition coefficient (Wildman–Crippen LogP) is 3.26. The van der Waals surface area contributed by atoms with Crippen molar-refractivity contribution in [2.24, 2.45) is 5.73 Å². The van der Waals surface area contributed by atoms with Crippen molar-refractivity contribution in [1.29, 1.82) is 0 Å². The van der Waals surface area contributed by atoms with Gasteiger partial charge in [-0.2, -0.15) is 0 Å². The van der Waals surface area contributed by atoms with E-state index in [1.165, 1.54) is 38.5 Å². The second-order valence-electron chi connectivity index (χ2n) is 4.04. The molecule has 0 aliphatic carbocycles. The van der Waals surface area contributed by atoms with Crippen LogP contribution in [0.25, 0.3) is 0 Å². The summed E-state index contributed by atoms with van der Waals surface area (Å²) in [6.07, 6.45) is 10.4. The lowest BCUT2D eigenvalue weighted by atomic mass is 10.1. The molecule has 0 heterocycles. The van der Waals surface area contributed by atoms with Gasteiger partial charge in [0.1, 0.15) is 5.78 Å². The summed E-state index contributed by atoms with van der Waals surface area (Å²) in [7, 11) is 0. The van der Waals surface area contributed by atoms with Crippen molar-refractivity contribution in [1.82, 2.24) is 0 Å². The summed E-state index contributed by atoms with van der Waals surface area (Å²) in [4.78, 5) is 10.9. The van der Waals surface area contributed by atoms with E-state index in [1.807, 2.05) is 0 Å². The van der Waals surface area contributed by atoms with Crippen LogP contribution in [0.3, 0.4) is 0 Å². The summed E-state index contributed by atoms with van der Waals surface area (Å²) in [5.74, 6) is 0.360. The molecule has 0 bridgehead atoms. The molecule has 0 spiro atoms. The van der Waals surface area contributed by atoms with Gasteiger partial charge >= 0.3 is 0 Å². The first kappa shape index (κ1) is 14.9. The summed E-state index contributed by atoms with van der Waals surface area (Å²) in [5.41, 5.74) is 5.41. The number of ketones is 1. The Balaban J connectivity index is 2.95. The van der Waals surface area contributed by atoms with E-state index in [9.17, 15) is 4.79 Å². The molecule has 15 heavy (non-hydrogen) atoms. The molecule has 0 saturated heterocycles. The highest BCUT2D eigenvalue weighted by Gasteiger charge is 1.98. The highest BCUT2D eigenvalue weighted by Crippen LogP contribution is 2.09. The van der Waals surface area contributed by atoms with Crippen molar-refractivity contribution in [3.05, 3.63) is 0 Å². The predicted molar refractivity (Wildman–Crippen MR) is 66.3 cm³/mol. The molecule has 0 rings (SSSR count). The van der Waals surface area contributed by atoms with E-state index in [4.69, 9.17) is 17.3 Å². The van der Waals surface area contributed by atoms with Gasteiger partial charge in [-0.3, -0.25) is 4.79 Å². The Bertz CT molecular complexity index is 151. The minimum Gasteiger partial charge on any atom is -0.330 e. The third kappa shape index (κ3) is 11.8. The summed E-state index contributed by atoms with van der Waals surface area (Å²) >= 11 is 5.40. The monoisotopic (exact) mass is 233 g/mol. The van der Waals surface area contributed by atoms with Gasteiger partial charge in [0.2, 0.25) is 0 Å². The molecule has 0 atom stereocenters. The zero-order valence-electron chi connectivity index (χ0n) is 9.64. The number of carbonyl (C=O) groups is 1. The summed E-state index contributed by atoms with van der Waals surface area (Å²) in [6, 6.07) is 0. The maximum absolute atomic E-state index is 10.9. The second kappa shape index (κ2) is 12.0. The lowest BCUT2D eigenvalue weighted by molar-refractivity contribution is -0.116. The summed E-state index contributed by atoms with van der Waals surface area (Å²) < 4.78 is 0. The van der Waals surface area contributed by atoms with Crippen LogP contribution in [0.4, 0.5) is 0 Å². The SMILES string of the molecule is NCCCCCCCCCCC(=O)CCl. The van der Waals surface area contributed by atoms with Crippen LogP contribution in [-0.4, -0.2) is 18.2 Å². The molecule has 3 heteroatoms. The van der Waals surface area contributed by atoms with Gasteiger partial charge in [-0.1, -0.05) is 38.5 Å². The van der Waals surface area contributed by atoms with Crippen molar-refractivity contribution in [2.75, 3.05) is 12.4 Å². The minimum atomic E-state index is 0.180. The molecule has 0 aromatic heterocycles. The first-order valence-electron chi connectivity index (χ1n) is 6.09. The molecule has 0 radical (unpaired) electrons. The fraction of sp³-hybridized carbons (Fsp3) is 0.917. The zero-order valence-corrected chi connectivity index (χ0v) is 10.4. The fourth-order valence-corrected chi connectivity index (χ4v) is 1.73. The maximum Gasteiger partial charge on any atom is 0.147 e. The van der Waals surface area contributed by atoms with Crippen LogP contribution < -0.4 is 5.73 Å². The van der Waals surface area contributed by atoms with Crippen LogP contribution in [0, 0.1) is 0 Å². The van der Waals surface area contributed by atoms with E-state index in [-0.39, 0.29) is 11.7 Å². The molecule has 0 aromatic carbocycles. The molecule has 0 aliphatic rings. The lowest BCUT2D eigenvalue weighted by Crippen LogP contribution is -1.98. The smallest absolute Gasteiger partial charge is 0.147 e. The van der Waals surface area contributed by atoms with Crippen molar-refractivity contribution in [3.8, 4) is 0 Å². The quantitative estimate of drug-likeness (QED) is 0.440. The molecular formula is C12H24ClNO. The number of unbranched alkanes of at least 4 members (excludes halogenated alkanes) is 7. The van der Waals surface area contributed by atoms with Gasteiger partial charge in [0, 0.05) is 6.42 Å². The highest BCUT2D eigenvalue weighted by molar-refractivity contribution is 6.27. The van der Waals surface area contributed by atoms with Gasteiger partial charge in [-0.15, -0.1) is 11.6 Å². The molecule has 2 nitrogen and oxygen atoms in total. The van der Waals surface area contributed by atoms with E-state index >= 15 is 0 Å². The Kier molecular flexibility index (Phi) is 11.9. The van der Waals surface area contributed by atoms with Gasteiger partial charge in [-0.25, -0.2) is 0 Å². The average molecular weight is 234 g/mol. The van der Waals surface area contributed by atoms with Crippen LogP contribution in [0.5, 0.6) is 0 Å². The topological polar surface area (TPSA) is 43.1 Å². The van der Waals surface area contributed by atoms with E-state index in [0.29, 0.717) is 6.42 Å². The fourth-order valence-electron chi connectivity index (χ4n) is 1.59. The van der Waals surface area contributed by atoms with Crippen molar-refractivity contribution in [3.63, 3.8) is 0 Å².